The van der Waals surface area contributed by atoms with E-state index in [2.05, 4.69) is 15.5 Å². The zero-order valence-electron chi connectivity index (χ0n) is 15.3. The second-order valence-electron chi connectivity index (χ2n) is 7.56. The molecule has 2 aromatic rings. The Morgan fingerprint density at radius 2 is 2.08 bits per heavy atom. The number of benzene rings is 1. The molecule has 0 atom stereocenters. The van der Waals surface area contributed by atoms with Crippen molar-refractivity contribution in [2.75, 3.05) is 0 Å². The van der Waals surface area contributed by atoms with E-state index in [-0.39, 0.29) is 29.1 Å². The van der Waals surface area contributed by atoms with Crippen molar-refractivity contribution in [2.24, 2.45) is 0 Å². The molecule has 0 saturated carbocycles. The van der Waals surface area contributed by atoms with E-state index in [9.17, 15) is 14.9 Å². The number of hydrogen-bond acceptors (Lipinski definition) is 5. The van der Waals surface area contributed by atoms with Crippen molar-refractivity contribution in [3.63, 3.8) is 0 Å². The lowest BCUT2D eigenvalue weighted by Gasteiger charge is -2.19. The molecule has 0 bridgehead atoms. The molecule has 1 amide bonds. The molecule has 1 aliphatic rings. The lowest BCUT2D eigenvalue weighted by atomic mass is 9.85. The molecule has 3 rings (SSSR count). The van der Waals surface area contributed by atoms with E-state index in [1.54, 1.807) is 12.1 Å². The molecule has 1 N–H and O–H groups in total. The summed E-state index contributed by atoms with van der Waals surface area (Å²) in [5.74, 6) is 1.31. The maximum atomic E-state index is 12.5. The summed E-state index contributed by atoms with van der Waals surface area (Å²) < 4.78 is 2.04. The van der Waals surface area contributed by atoms with Gasteiger partial charge in [-0.05, 0) is 24.3 Å². The molecule has 138 valence electrons. The van der Waals surface area contributed by atoms with Gasteiger partial charge in [0, 0.05) is 30.2 Å². The van der Waals surface area contributed by atoms with Gasteiger partial charge >= 0.3 is 0 Å². The van der Waals surface area contributed by atoms with Crippen LogP contribution < -0.4 is 5.32 Å². The molecule has 8 nitrogen and oxygen atoms in total. The minimum atomic E-state index is -0.438. The highest BCUT2D eigenvalue weighted by Gasteiger charge is 2.26. The largest absolute Gasteiger partial charge is 0.345 e. The average Bonchev–Trinajstić information content (AvgIpc) is 3.01. The summed E-state index contributed by atoms with van der Waals surface area (Å²) in [7, 11) is 0. The summed E-state index contributed by atoms with van der Waals surface area (Å²) in [6, 6.07) is 4.63. The Morgan fingerprint density at radius 1 is 1.31 bits per heavy atom. The van der Waals surface area contributed by atoms with E-state index < -0.39 is 4.92 Å². The van der Waals surface area contributed by atoms with Crippen LogP contribution in [0.25, 0.3) is 0 Å². The monoisotopic (exact) mass is 357 g/mol. The summed E-state index contributed by atoms with van der Waals surface area (Å²) in [6.07, 6.45) is 3.09. The summed E-state index contributed by atoms with van der Waals surface area (Å²) in [5.41, 5.74) is 0.455. The van der Waals surface area contributed by atoms with Crippen molar-refractivity contribution in [1.29, 1.82) is 0 Å². The highest BCUT2D eigenvalue weighted by atomic mass is 16.6. The Balaban J connectivity index is 1.77. The van der Waals surface area contributed by atoms with E-state index in [0.717, 1.165) is 31.6 Å². The number of carbonyl (C=O) groups is 1. The van der Waals surface area contributed by atoms with Crippen LogP contribution >= 0.6 is 0 Å². The third kappa shape index (κ3) is 3.58. The molecule has 0 fully saturated rings. The van der Waals surface area contributed by atoms with Gasteiger partial charge in [-0.25, -0.2) is 0 Å². The van der Waals surface area contributed by atoms with Crippen LogP contribution in [0.5, 0.6) is 0 Å². The van der Waals surface area contributed by atoms with Gasteiger partial charge in [0.15, 0.2) is 5.82 Å². The first-order chi connectivity index (χ1) is 12.3. The lowest BCUT2D eigenvalue weighted by molar-refractivity contribution is -0.386. The summed E-state index contributed by atoms with van der Waals surface area (Å²) in [5, 5.41) is 22.5. The Labute approximate surface area is 151 Å². The lowest BCUT2D eigenvalue weighted by Crippen LogP contribution is -2.26. The number of carbonyl (C=O) groups excluding carboxylic acids is 1. The third-order valence-corrected chi connectivity index (χ3v) is 4.61. The van der Waals surface area contributed by atoms with E-state index >= 15 is 0 Å². The van der Waals surface area contributed by atoms with Crippen molar-refractivity contribution in [3.05, 3.63) is 51.1 Å². The number of nitro benzene ring substituents is 1. The molecule has 1 aliphatic heterocycles. The van der Waals surface area contributed by atoms with Crippen LogP contribution in [-0.4, -0.2) is 25.6 Å². The van der Waals surface area contributed by atoms with Crippen molar-refractivity contribution in [2.45, 2.75) is 58.5 Å². The van der Waals surface area contributed by atoms with Gasteiger partial charge in [0.05, 0.1) is 11.5 Å². The summed E-state index contributed by atoms with van der Waals surface area (Å²) in [6.45, 7) is 6.83. The summed E-state index contributed by atoms with van der Waals surface area (Å²) in [4.78, 5) is 23.4. The van der Waals surface area contributed by atoms with E-state index in [0.29, 0.717) is 11.4 Å². The molecular weight excluding hydrogens is 334 g/mol. The minimum absolute atomic E-state index is 0.0370. The van der Waals surface area contributed by atoms with Gasteiger partial charge in [-0.15, -0.1) is 10.2 Å². The van der Waals surface area contributed by atoms with Crippen LogP contribution in [-0.2, 0) is 24.9 Å². The Kier molecular flexibility index (Phi) is 4.76. The zero-order chi connectivity index (χ0) is 18.9. The fraction of sp³-hybridized carbons (Fsp3) is 0.500. The fourth-order valence-corrected chi connectivity index (χ4v) is 3.22. The standard InChI is InChI=1S/C18H23N5O3/c1-18(2,3)13-8-7-12(10-14(13)23(25)26)17(24)19-11-16-21-20-15-6-4-5-9-22(15)16/h7-8,10H,4-6,9,11H2,1-3H3,(H,19,24). The molecule has 0 aliphatic carbocycles. The topological polar surface area (TPSA) is 103 Å². The van der Waals surface area contributed by atoms with Crippen LogP contribution in [0.1, 0.15) is 61.2 Å². The maximum Gasteiger partial charge on any atom is 0.273 e. The number of nitrogens with one attached hydrogen (secondary N) is 1. The van der Waals surface area contributed by atoms with E-state index in [1.807, 2.05) is 25.3 Å². The first-order valence-electron chi connectivity index (χ1n) is 8.75. The van der Waals surface area contributed by atoms with E-state index in [1.165, 1.54) is 6.07 Å². The normalized spacial score (nSPS) is 14.0. The second-order valence-corrected chi connectivity index (χ2v) is 7.56. The van der Waals surface area contributed by atoms with Crippen molar-refractivity contribution in [1.82, 2.24) is 20.1 Å². The number of fused-ring (bicyclic) bond motifs is 1. The van der Waals surface area contributed by atoms with Crippen molar-refractivity contribution >= 4 is 11.6 Å². The molecule has 0 unspecified atom stereocenters. The molecule has 0 spiro atoms. The van der Waals surface area contributed by atoms with Crippen LogP contribution in [0.15, 0.2) is 18.2 Å². The molecule has 1 aromatic carbocycles. The van der Waals surface area contributed by atoms with Crippen LogP contribution in [0.4, 0.5) is 5.69 Å². The van der Waals surface area contributed by atoms with E-state index in [4.69, 9.17) is 0 Å². The predicted molar refractivity (Wildman–Crippen MR) is 95.9 cm³/mol. The van der Waals surface area contributed by atoms with Crippen molar-refractivity contribution in [3.8, 4) is 0 Å². The number of nitrogens with zero attached hydrogens (tertiary/aromatic N) is 4. The number of amides is 1. The number of aromatic nitrogens is 3. The van der Waals surface area contributed by atoms with Gasteiger partial charge < -0.3 is 9.88 Å². The average molecular weight is 357 g/mol. The van der Waals surface area contributed by atoms with Crippen LogP contribution in [0.2, 0.25) is 0 Å². The Morgan fingerprint density at radius 3 is 2.77 bits per heavy atom. The highest BCUT2D eigenvalue weighted by molar-refractivity contribution is 5.95. The van der Waals surface area contributed by atoms with Gasteiger partial charge in [-0.3, -0.25) is 14.9 Å². The molecule has 0 saturated heterocycles. The minimum Gasteiger partial charge on any atom is -0.345 e. The number of rotatable bonds is 4. The first-order valence-corrected chi connectivity index (χ1v) is 8.75. The van der Waals surface area contributed by atoms with Gasteiger partial charge in [-0.1, -0.05) is 26.8 Å². The Bertz CT molecular complexity index is 851. The van der Waals surface area contributed by atoms with Crippen LogP contribution in [0.3, 0.4) is 0 Å². The number of hydrogen-bond donors (Lipinski definition) is 1. The first kappa shape index (κ1) is 18.0. The molecular formula is C18H23N5O3. The van der Waals surface area contributed by atoms with Gasteiger partial charge in [-0.2, -0.15) is 0 Å². The van der Waals surface area contributed by atoms with Crippen molar-refractivity contribution < 1.29 is 9.72 Å². The zero-order valence-corrected chi connectivity index (χ0v) is 15.3. The molecule has 8 heteroatoms. The number of nitro groups is 1. The highest BCUT2D eigenvalue weighted by Crippen LogP contribution is 2.31. The second kappa shape index (κ2) is 6.86. The van der Waals surface area contributed by atoms with Gasteiger partial charge in [0.1, 0.15) is 5.82 Å². The Hall–Kier alpha value is -2.77. The summed E-state index contributed by atoms with van der Waals surface area (Å²) >= 11 is 0. The third-order valence-electron chi connectivity index (χ3n) is 4.61. The molecule has 0 radical (unpaired) electrons. The number of aryl methyl sites for hydroxylation is 1. The van der Waals surface area contributed by atoms with Gasteiger partial charge in [0.25, 0.3) is 11.6 Å². The smallest absolute Gasteiger partial charge is 0.273 e. The van der Waals surface area contributed by atoms with Gasteiger partial charge in [0.2, 0.25) is 0 Å². The fourth-order valence-electron chi connectivity index (χ4n) is 3.22. The molecule has 26 heavy (non-hydrogen) atoms. The SMILES string of the molecule is CC(C)(C)c1ccc(C(=O)NCc2nnc3n2CCCC3)cc1[N+](=O)[O-]. The molecule has 2 heterocycles. The maximum absolute atomic E-state index is 12.5. The quantitative estimate of drug-likeness (QED) is 0.669. The predicted octanol–water partition coefficient (Wildman–Crippen LogP) is 2.75. The molecule has 1 aromatic heterocycles. The van der Waals surface area contributed by atoms with Crippen LogP contribution in [0, 0.1) is 10.1 Å².